The molecule has 2 aromatic rings. The molecule has 2 rings (SSSR count). The summed E-state index contributed by atoms with van der Waals surface area (Å²) in [6.07, 6.45) is 0. The number of amides is 1. The first-order chi connectivity index (χ1) is 10.4. The Bertz CT molecular complexity index is 741. The second-order valence-electron chi connectivity index (χ2n) is 5.13. The number of nitrogens with zero attached hydrogens (tertiary/aromatic N) is 1. The van der Waals surface area contributed by atoms with Gasteiger partial charge in [-0.2, -0.15) is 0 Å². The van der Waals surface area contributed by atoms with Gasteiger partial charge in [-0.1, -0.05) is 6.07 Å². The number of Topliss-reactive ketones (excluding diaryl/α,β-unsaturated/α-hetero) is 1. The number of carbonyl (C=O) groups is 2. The summed E-state index contributed by atoms with van der Waals surface area (Å²) in [7, 11) is 0. The van der Waals surface area contributed by atoms with Gasteiger partial charge in [0.2, 0.25) is 0 Å². The van der Waals surface area contributed by atoms with Crippen molar-refractivity contribution in [2.75, 3.05) is 0 Å². The molecule has 0 saturated heterocycles. The maximum absolute atomic E-state index is 13.2. The average Bonchev–Trinajstić information content (AvgIpc) is 2.47. The van der Waals surface area contributed by atoms with Crippen molar-refractivity contribution in [3.8, 4) is 0 Å². The molecule has 0 spiro atoms. The summed E-state index contributed by atoms with van der Waals surface area (Å²) >= 11 is 0. The van der Waals surface area contributed by atoms with Crippen molar-refractivity contribution in [2.45, 2.75) is 27.3 Å². The fourth-order valence-corrected chi connectivity index (χ4v) is 2.19. The lowest BCUT2D eigenvalue weighted by Gasteiger charge is -2.09. The van der Waals surface area contributed by atoms with Crippen LogP contribution in [-0.4, -0.2) is 16.7 Å². The van der Waals surface area contributed by atoms with E-state index in [4.69, 9.17) is 0 Å². The van der Waals surface area contributed by atoms with Crippen LogP contribution in [0.25, 0.3) is 0 Å². The lowest BCUT2D eigenvalue weighted by atomic mass is 10.1. The maximum atomic E-state index is 13.2. The first-order valence-electron chi connectivity index (χ1n) is 6.90. The van der Waals surface area contributed by atoms with Gasteiger partial charge in [0.15, 0.2) is 5.78 Å². The summed E-state index contributed by atoms with van der Waals surface area (Å²) in [6, 6.07) is 7.48. The van der Waals surface area contributed by atoms with Crippen LogP contribution in [0.4, 0.5) is 4.39 Å². The van der Waals surface area contributed by atoms with Crippen LogP contribution in [0.5, 0.6) is 0 Å². The van der Waals surface area contributed by atoms with Gasteiger partial charge in [0.1, 0.15) is 5.82 Å². The van der Waals surface area contributed by atoms with Gasteiger partial charge < -0.3 is 5.32 Å². The van der Waals surface area contributed by atoms with Crippen molar-refractivity contribution in [1.29, 1.82) is 0 Å². The second-order valence-corrected chi connectivity index (χ2v) is 5.13. The monoisotopic (exact) mass is 300 g/mol. The Morgan fingerprint density at radius 2 is 1.86 bits per heavy atom. The Labute approximate surface area is 128 Å². The van der Waals surface area contributed by atoms with Crippen molar-refractivity contribution < 1.29 is 14.0 Å². The van der Waals surface area contributed by atoms with Gasteiger partial charge in [0, 0.05) is 16.8 Å². The molecule has 114 valence electrons. The van der Waals surface area contributed by atoms with Crippen molar-refractivity contribution in [3.05, 3.63) is 64.2 Å². The number of aryl methyl sites for hydroxylation is 2. The fraction of sp³-hybridized carbons (Fsp3) is 0.235. The maximum Gasteiger partial charge on any atom is 0.251 e. The summed E-state index contributed by atoms with van der Waals surface area (Å²) < 4.78 is 13.2. The van der Waals surface area contributed by atoms with Gasteiger partial charge >= 0.3 is 0 Å². The third-order valence-corrected chi connectivity index (χ3v) is 3.40. The van der Waals surface area contributed by atoms with E-state index in [0.29, 0.717) is 28.1 Å². The molecule has 1 heterocycles. The molecule has 0 fully saturated rings. The number of hydrogen-bond acceptors (Lipinski definition) is 3. The van der Waals surface area contributed by atoms with Crippen molar-refractivity contribution in [1.82, 2.24) is 10.3 Å². The van der Waals surface area contributed by atoms with Crippen LogP contribution in [0.3, 0.4) is 0 Å². The van der Waals surface area contributed by atoms with E-state index >= 15 is 0 Å². The van der Waals surface area contributed by atoms with Gasteiger partial charge in [-0.25, -0.2) is 4.39 Å². The average molecular weight is 300 g/mol. The Hall–Kier alpha value is -2.56. The highest BCUT2D eigenvalue weighted by Crippen LogP contribution is 2.11. The summed E-state index contributed by atoms with van der Waals surface area (Å²) in [5.41, 5.74) is 2.84. The van der Waals surface area contributed by atoms with Gasteiger partial charge in [0.25, 0.3) is 5.91 Å². The molecule has 0 bridgehead atoms. The number of pyridine rings is 1. The highest BCUT2D eigenvalue weighted by Gasteiger charge is 2.11. The summed E-state index contributed by atoms with van der Waals surface area (Å²) in [4.78, 5) is 27.7. The van der Waals surface area contributed by atoms with Gasteiger partial charge in [-0.15, -0.1) is 0 Å². The molecule has 1 N–H and O–H groups in total. The Kier molecular flexibility index (Phi) is 4.65. The molecule has 0 aliphatic carbocycles. The number of nitrogens with one attached hydrogen (secondary N) is 1. The van der Waals surface area contributed by atoms with Gasteiger partial charge in [-0.3, -0.25) is 14.6 Å². The van der Waals surface area contributed by atoms with Crippen molar-refractivity contribution in [3.63, 3.8) is 0 Å². The van der Waals surface area contributed by atoms with Crippen LogP contribution in [0.15, 0.2) is 30.3 Å². The fourth-order valence-electron chi connectivity index (χ4n) is 2.19. The quantitative estimate of drug-likeness (QED) is 0.883. The van der Waals surface area contributed by atoms with Crippen LogP contribution >= 0.6 is 0 Å². The molecule has 0 aliphatic heterocycles. The molecule has 0 aliphatic rings. The van der Waals surface area contributed by atoms with Crippen LogP contribution in [0, 0.1) is 19.7 Å². The van der Waals surface area contributed by atoms with E-state index in [9.17, 15) is 14.0 Å². The minimum Gasteiger partial charge on any atom is -0.346 e. The lowest BCUT2D eigenvalue weighted by molar-refractivity contribution is 0.0948. The molecule has 0 atom stereocenters. The Morgan fingerprint density at radius 1 is 1.14 bits per heavy atom. The van der Waals surface area contributed by atoms with E-state index in [-0.39, 0.29) is 18.2 Å². The highest BCUT2D eigenvalue weighted by atomic mass is 19.1. The van der Waals surface area contributed by atoms with Gasteiger partial charge in [0.05, 0.1) is 12.2 Å². The van der Waals surface area contributed by atoms with Crippen LogP contribution in [0.2, 0.25) is 0 Å². The zero-order valence-corrected chi connectivity index (χ0v) is 12.7. The molecule has 0 saturated carbocycles. The summed E-state index contributed by atoms with van der Waals surface area (Å²) in [6.45, 7) is 5.20. The molecule has 0 unspecified atom stereocenters. The predicted molar refractivity (Wildman–Crippen MR) is 81.3 cm³/mol. The molecule has 1 aromatic carbocycles. The van der Waals surface area contributed by atoms with Crippen molar-refractivity contribution >= 4 is 11.7 Å². The van der Waals surface area contributed by atoms with E-state index in [1.54, 1.807) is 32.0 Å². The van der Waals surface area contributed by atoms with Crippen LogP contribution in [0.1, 0.15) is 44.6 Å². The molecule has 0 radical (unpaired) electrons. The number of ketones is 1. The number of rotatable bonds is 4. The number of halogens is 1. The molecular weight excluding hydrogens is 283 g/mol. The zero-order valence-electron chi connectivity index (χ0n) is 12.7. The lowest BCUT2D eigenvalue weighted by Crippen LogP contribution is -2.24. The van der Waals surface area contributed by atoms with Gasteiger partial charge in [-0.05, 0) is 50.6 Å². The first-order valence-corrected chi connectivity index (χ1v) is 6.90. The number of carbonyl (C=O) groups excluding carboxylic acids is 2. The van der Waals surface area contributed by atoms with E-state index in [2.05, 4.69) is 10.3 Å². The van der Waals surface area contributed by atoms with E-state index < -0.39 is 5.82 Å². The smallest absolute Gasteiger partial charge is 0.251 e. The highest BCUT2D eigenvalue weighted by molar-refractivity contribution is 5.96. The standard InChI is InChI=1S/C17H17FN2O2/c1-10-4-5-13(18)8-16(10)17(22)19-9-14-6-7-15(12(3)21)11(2)20-14/h4-8H,9H2,1-3H3,(H,19,22). The summed E-state index contributed by atoms with van der Waals surface area (Å²) in [5.74, 6) is -0.849. The number of hydrogen-bond donors (Lipinski definition) is 1. The number of benzene rings is 1. The zero-order chi connectivity index (χ0) is 16.3. The normalized spacial score (nSPS) is 10.4. The largest absolute Gasteiger partial charge is 0.346 e. The minimum atomic E-state index is -0.449. The van der Waals surface area contributed by atoms with Crippen molar-refractivity contribution in [2.24, 2.45) is 0 Å². The predicted octanol–water partition coefficient (Wildman–Crippen LogP) is 2.97. The molecule has 1 amide bonds. The Morgan fingerprint density at radius 3 is 2.50 bits per heavy atom. The molecule has 1 aromatic heterocycles. The molecule has 22 heavy (non-hydrogen) atoms. The first kappa shape index (κ1) is 15.8. The third-order valence-electron chi connectivity index (χ3n) is 3.40. The van der Waals surface area contributed by atoms with E-state index in [1.165, 1.54) is 19.1 Å². The second kappa shape index (κ2) is 6.47. The van der Waals surface area contributed by atoms with Crippen LogP contribution in [-0.2, 0) is 6.54 Å². The topological polar surface area (TPSA) is 59.1 Å². The van der Waals surface area contributed by atoms with E-state index in [1.807, 2.05) is 0 Å². The van der Waals surface area contributed by atoms with Crippen LogP contribution < -0.4 is 5.32 Å². The molecule has 4 nitrogen and oxygen atoms in total. The number of aromatic nitrogens is 1. The SMILES string of the molecule is CC(=O)c1ccc(CNC(=O)c2cc(F)ccc2C)nc1C. The third kappa shape index (κ3) is 3.55. The molecular formula is C17H17FN2O2. The minimum absolute atomic E-state index is 0.0454. The summed E-state index contributed by atoms with van der Waals surface area (Å²) in [5, 5.41) is 2.71. The Balaban J connectivity index is 2.10. The van der Waals surface area contributed by atoms with E-state index in [0.717, 1.165) is 0 Å². The molecule has 5 heteroatoms.